The van der Waals surface area contributed by atoms with E-state index in [1.807, 2.05) is 13.0 Å². The average Bonchev–Trinajstić information content (AvgIpc) is 3.07. The molecule has 5 heteroatoms. The first-order chi connectivity index (χ1) is 10.2. The second-order valence-corrected chi connectivity index (χ2v) is 5.41. The largest absolute Gasteiger partial charge is 0.370 e. The first-order valence-electron chi connectivity index (χ1n) is 7.31. The second kappa shape index (κ2) is 5.99. The van der Waals surface area contributed by atoms with E-state index in [1.165, 1.54) is 24.0 Å². The molecule has 110 valence electrons. The number of aromatic nitrogens is 1. The van der Waals surface area contributed by atoms with Crippen molar-refractivity contribution in [3.63, 3.8) is 0 Å². The van der Waals surface area contributed by atoms with Gasteiger partial charge in [-0.05, 0) is 49.4 Å². The minimum Gasteiger partial charge on any atom is -0.370 e. The quantitative estimate of drug-likeness (QED) is 0.668. The highest BCUT2D eigenvalue weighted by atomic mass is 16.5. The molecule has 0 fully saturated rings. The number of aryl methyl sites for hydroxylation is 3. The third kappa shape index (κ3) is 3.42. The zero-order valence-corrected chi connectivity index (χ0v) is 12.2. The lowest BCUT2D eigenvalue weighted by atomic mass is 10.1. The Balaban J connectivity index is 1.55. The molecule has 0 saturated heterocycles. The maximum atomic E-state index is 5.91. The summed E-state index contributed by atoms with van der Waals surface area (Å²) in [7, 11) is 0. The van der Waals surface area contributed by atoms with E-state index in [0.717, 1.165) is 23.6 Å². The zero-order chi connectivity index (χ0) is 14.7. The van der Waals surface area contributed by atoms with Crippen LogP contribution in [0.25, 0.3) is 0 Å². The fourth-order valence-corrected chi connectivity index (χ4v) is 2.66. The van der Waals surface area contributed by atoms with Crippen LogP contribution in [0, 0.1) is 6.92 Å². The van der Waals surface area contributed by atoms with Crippen molar-refractivity contribution >= 4 is 11.6 Å². The van der Waals surface area contributed by atoms with E-state index in [2.05, 4.69) is 33.7 Å². The number of fused-ring (bicyclic) bond motifs is 1. The monoisotopic (exact) mass is 284 g/mol. The van der Waals surface area contributed by atoms with Crippen LogP contribution < -0.4 is 11.1 Å². The Bertz CT molecular complexity index is 660. The molecule has 0 spiro atoms. The molecule has 2 aromatic rings. The first-order valence-corrected chi connectivity index (χ1v) is 7.31. The summed E-state index contributed by atoms with van der Waals surface area (Å²) >= 11 is 0. The zero-order valence-electron chi connectivity index (χ0n) is 12.2. The van der Waals surface area contributed by atoms with E-state index in [1.54, 1.807) is 0 Å². The summed E-state index contributed by atoms with van der Waals surface area (Å²) in [4.78, 5) is 4.31. The summed E-state index contributed by atoms with van der Waals surface area (Å²) in [5.41, 5.74) is 10.7. The summed E-state index contributed by atoms with van der Waals surface area (Å²) in [5.74, 6) is 1.27. The molecule has 0 unspecified atom stereocenters. The molecule has 3 N–H and O–H groups in total. The van der Waals surface area contributed by atoms with Gasteiger partial charge in [-0.3, -0.25) is 4.99 Å². The first kappa shape index (κ1) is 13.7. The van der Waals surface area contributed by atoms with Gasteiger partial charge >= 0.3 is 0 Å². The van der Waals surface area contributed by atoms with E-state index in [-0.39, 0.29) is 0 Å². The number of hydrogen-bond donors (Lipinski definition) is 2. The maximum absolute atomic E-state index is 5.91. The third-order valence-corrected chi connectivity index (χ3v) is 3.69. The van der Waals surface area contributed by atoms with Gasteiger partial charge in [-0.15, -0.1) is 0 Å². The maximum Gasteiger partial charge on any atom is 0.193 e. The van der Waals surface area contributed by atoms with Crippen LogP contribution in [0.1, 0.15) is 29.0 Å². The smallest absolute Gasteiger partial charge is 0.193 e. The number of rotatable bonds is 4. The van der Waals surface area contributed by atoms with Crippen molar-refractivity contribution in [3.05, 3.63) is 46.8 Å². The molecule has 0 aliphatic heterocycles. The van der Waals surface area contributed by atoms with Crippen molar-refractivity contribution < 1.29 is 4.52 Å². The van der Waals surface area contributed by atoms with E-state index < -0.39 is 0 Å². The number of anilines is 1. The summed E-state index contributed by atoms with van der Waals surface area (Å²) in [6.07, 6.45) is 4.30. The van der Waals surface area contributed by atoms with Crippen LogP contribution in [0.15, 0.2) is 33.8 Å². The van der Waals surface area contributed by atoms with Gasteiger partial charge in [0.25, 0.3) is 0 Å². The van der Waals surface area contributed by atoms with Crippen LogP contribution in [-0.4, -0.2) is 17.7 Å². The lowest BCUT2D eigenvalue weighted by Gasteiger charge is -2.07. The van der Waals surface area contributed by atoms with Crippen molar-refractivity contribution in [3.8, 4) is 0 Å². The van der Waals surface area contributed by atoms with Crippen molar-refractivity contribution in [2.75, 3.05) is 11.9 Å². The number of nitrogens with one attached hydrogen (secondary N) is 1. The van der Waals surface area contributed by atoms with Gasteiger partial charge in [0.15, 0.2) is 5.96 Å². The highest BCUT2D eigenvalue weighted by molar-refractivity contribution is 5.92. The van der Waals surface area contributed by atoms with Gasteiger partial charge in [0.05, 0.1) is 5.69 Å². The molecule has 1 aromatic carbocycles. The van der Waals surface area contributed by atoms with Crippen LogP contribution in [-0.2, 0) is 19.3 Å². The highest BCUT2D eigenvalue weighted by Gasteiger charge is 2.10. The Morgan fingerprint density at radius 2 is 2.19 bits per heavy atom. The SMILES string of the molecule is Cc1cc(CCN=C(N)Nc2ccc3c(c2)CCC3)on1. The number of nitrogens with zero attached hydrogens (tertiary/aromatic N) is 2. The van der Waals surface area contributed by atoms with Crippen LogP contribution in [0.4, 0.5) is 5.69 Å². The standard InChI is InChI=1S/C16H20N4O/c1-11-9-15(21-20-11)7-8-18-16(17)19-14-6-5-12-3-2-4-13(12)10-14/h5-6,9-10H,2-4,7-8H2,1H3,(H3,17,18,19). The predicted molar refractivity (Wildman–Crippen MR) is 83.5 cm³/mol. The predicted octanol–water partition coefficient (Wildman–Crippen LogP) is 2.44. The van der Waals surface area contributed by atoms with Crippen LogP contribution in [0.3, 0.4) is 0 Å². The Labute approximate surface area is 124 Å². The normalized spacial score (nSPS) is 14.2. The van der Waals surface area contributed by atoms with Crippen molar-refractivity contribution in [2.24, 2.45) is 10.7 Å². The van der Waals surface area contributed by atoms with Crippen LogP contribution >= 0.6 is 0 Å². The van der Waals surface area contributed by atoms with Crippen molar-refractivity contribution in [1.82, 2.24) is 5.16 Å². The molecule has 1 aliphatic rings. The van der Waals surface area contributed by atoms with Gasteiger partial charge < -0.3 is 15.6 Å². The average molecular weight is 284 g/mol. The fraction of sp³-hybridized carbons (Fsp3) is 0.375. The fourth-order valence-electron chi connectivity index (χ4n) is 2.66. The van der Waals surface area contributed by atoms with Crippen molar-refractivity contribution in [1.29, 1.82) is 0 Å². The van der Waals surface area contributed by atoms with Crippen molar-refractivity contribution in [2.45, 2.75) is 32.6 Å². The molecule has 0 amide bonds. The highest BCUT2D eigenvalue weighted by Crippen LogP contribution is 2.24. The Hall–Kier alpha value is -2.30. The Kier molecular flexibility index (Phi) is 3.90. The molecule has 1 heterocycles. The molecule has 1 aromatic heterocycles. The van der Waals surface area contributed by atoms with E-state index >= 15 is 0 Å². The van der Waals surface area contributed by atoms with E-state index in [9.17, 15) is 0 Å². The van der Waals surface area contributed by atoms with Gasteiger partial charge in [-0.2, -0.15) is 0 Å². The number of guanidine groups is 1. The molecule has 0 atom stereocenters. The topological polar surface area (TPSA) is 76.4 Å². The molecule has 5 nitrogen and oxygen atoms in total. The number of hydrogen-bond acceptors (Lipinski definition) is 3. The van der Waals surface area contributed by atoms with Gasteiger partial charge in [0.2, 0.25) is 0 Å². The third-order valence-electron chi connectivity index (χ3n) is 3.69. The van der Waals surface area contributed by atoms with E-state index in [4.69, 9.17) is 10.3 Å². The van der Waals surface area contributed by atoms with Gasteiger partial charge in [0, 0.05) is 24.7 Å². The van der Waals surface area contributed by atoms with Crippen LogP contribution in [0.2, 0.25) is 0 Å². The minimum atomic E-state index is 0.434. The molecule has 0 saturated carbocycles. The lowest BCUT2D eigenvalue weighted by Crippen LogP contribution is -2.23. The molecule has 0 bridgehead atoms. The molecule has 21 heavy (non-hydrogen) atoms. The minimum absolute atomic E-state index is 0.434. The molecular weight excluding hydrogens is 264 g/mol. The van der Waals surface area contributed by atoms with Gasteiger partial charge in [-0.25, -0.2) is 0 Å². The number of benzene rings is 1. The summed E-state index contributed by atoms with van der Waals surface area (Å²) in [6.45, 7) is 2.48. The molecule has 1 aliphatic carbocycles. The summed E-state index contributed by atoms with van der Waals surface area (Å²) < 4.78 is 5.13. The lowest BCUT2D eigenvalue weighted by molar-refractivity contribution is 0.381. The number of aliphatic imine (C=N–C) groups is 1. The summed E-state index contributed by atoms with van der Waals surface area (Å²) in [6, 6.07) is 8.33. The Morgan fingerprint density at radius 3 is 3.00 bits per heavy atom. The van der Waals surface area contributed by atoms with Gasteiger partial charge in [0.1, 0.15) is 5.76 Å². The Morgan fingerprint density at radius 1 is 1.33 bits per heavy atom. The summed E-state index contributed by atoms with van der Waals surface area (Å²) in [5, 5.41) is 6.99. The second-order valence-electron chi connectivity index (χ2n) is 5.41. The number of nitrogens with two attached hydrogens (primary N) is 1. The van der Waals surface area contributed by atoms with Gasteiger partial charge in [-0.1, -0.05) is 11.2 Å². The molecule has 3 rings (SSSR count). The van der Waals surface area contributed by atoms with Crippen LogP contribution in [0.5, 0.6) is 0 Å². The molecular formula is C16H20N4O. The van der Waals surface area contributed by atoms with E-state index in [0.29, 0.717) is 18.9 Å². The molecule has 0 radical (unpaired) electrons.